The van der Waals surface area contributed by atoms with Gasteiger partial charge < -0.3 is 14.2 Å². The van der Waals surface area contributed by atoms with E-state index in [0.29, 0.717) is 24.0 Å². The van der Waals surface area contributed by atoms with Gasteiger partial charge in [-0.3, -0.25) is 4.79 Å². The highest BCUT2D eigenvalue weighted by atomic mass is 16.5. The van der Waals surface area contributed by atoms with Crippen LogP contribution < -0.4 is 4.74 Å². The van der Waals surface area contributed by atoms with Gasteiger partial charge in [0.1, 0.15) is 5.75 Å². The SMILES string of the molecule is CCCCCCCCC(=O)N1CCC(c2nc(-c3cccc(OC)c3)no2)CC1. The van der Waals surface area contributed by atoms with Crippen molar-refractivity contribution in [2.75, 3.05) is 20.2 Å². The highest BCUT2D eigenvalue weighted by molar-refractivity contribution is 5.76. The minimum absolute atomic E-state index is 0.222. The van der Waals surface area contributed by atoms with Gasteiger partial charge in [0.2, 0.25) is 17.6 Å². The summed E-state index contributed by atoms with van der Waals surface area (Å²) < 4.78 is 10.8. The summed E-state index contributed by atoms with van der Waals surface area (Å²) in [5, 5.41) is 4.14. The van der Waals surface area contributed by atoms with E-state index >= 15 is 0 Å². The van der Waals surface area contributed by atoms with Crippen LogP contribution in [-0.2, 0) is 4.79 Å². The molecule has 0 spiro atoms. The molecule has 3 rings (SSSR count). The normalized spacial score (nSPS) is 14.9. The lowest BCUT2D eigenvalue weighted by atomic mass is 9.96. The molecule has 1 aliphatic heterocycles. The number of benzene rings is 1. The molecule has 1 aromatic heterocycles. The van der Waals surface area contributed by atoms with Crippen LogP contribution in [0.3, 0.4) is 0 Å². The molecule has 0 unspecified atom stereocenters. The van der Waals surface area contributed by atoms with Crippen LogP contribution in [0.2, 0.25) is 0 Å². The number of ether oxygens (including phenoxy) is 1. The summed E-state index contributed by atoms with van der Waals surface area (Å²) in [4.78, 5) is 19.0. The van der Waals surface area contributed by atoms with E-state index in [1.165, 1.54) is 25.7 Å². The van der Waals surface area contributed by atoms with Gasteiger partial charge in [0.25, 0.3) is 0 Å². The molecule has 1 aliphatic rings. The molecule has 6 nitrogen and oxygen atoms in total. The van der Waals surface area contributed by atoms with Crippen molar-refractivity contribution in [1.82, 2.24) is 15.0 Å². The van der Waals surface area contributed by atoms with Crippen LogP contribution in [0.4, 0.5) is 0 Å². The zero-order valence-corrected chi connectivity index (χ0v) is 17.7. The van der Waals surface area contributed by atoms with E-state index in [4.69, 9.17) is 9.26 Å². The van der Waals surface area contributed by atoms with Gasteiger partial charge >= 0.3 is 0 Å². The highest BCUT2D eigenvalue weighted by Crippen LogP contribution is 2.29. The molecule has 1 fully saturated rings. The minimum atomic E-state index is 0.222. The molecule has 1 aromatic carbocycles. The topological polar surface area (TPSA) is 68.5 Å². The molecule has 6 heteroatoms. The smallest absolute Gasteiger partial charge is 0.230 e. The Morgan fingerprint density at radius 2 is 1.93 bits per heavy atom. The van der Waals surface area contributed by atoms with Crippen LogP contribution in [0.1, 0.15) is 76.5 Å². The summed E-state index contributed by atoms with van der Waals surface area (Å²) in [5.41, 5.74) is 0.880. The molecule has 2 heterocycles. The Morgan fingerprint density at radius 1 is 1.17 bits per heavy atom. The molecule has 158 valence electrons. The summed E-state index contributed by atoms with van der Waals surface area (Å²) >= 11 is 0. The number of likely N-dealkylation sites (tertiary alicyclic amines) is 1. The van der Waals surface area contributed by atoms with Gasteiger partial charge in [0.15, 0.2) is 0 Å². The lowest BCUT2D eigenvalue weighted by Crippen LogP contribution is -2.37. The fraction of sp³-hybridized carbons (Fsp3) is 0.609. The zero-order chi connectivity index (χ0) is 20.5. The number of methoxy groups -OCH3 is 1. The van der Waals surface area contributed by atoms with Crippen LogP contribution in [0.5, 0.6) is 5.75 Å². The fourth-order valence-electron chi connectivity index (χ4n) is 3.87. The van der Waals surface area contributed by atoms with Crippen molar-refractivity contribution < 1.29 is 14.1 Å². The maximum atomic E-state index is 12.4. The first kappa shape index (κ1) is 21.3. The Bertz CT molecular complexity index is 766. The second-order valence-electron chi connectivity index (χ2n) is 7.86. The number of amides is 1. The number of hydrogen-bond acceptors (Lipinski definition) is 5. The van der Waals surface area contributed by atoms with Gasteiger partial charge in [-0.25, -0.2) is 0 Å². The number of hydrogen-bond donors (Lipinski definition) is 0. The van der Waals surface area contributed by atoms with E-state index in [-0.39, 0.29) is 5.92 Å². The third-order valence-corrected chi connectivity index (χ3v) is 5.71. The Kier molecular flexibility index (Phi) is 8.08. The van der Waals surface area contributed by atoms with E-state index in [1.807, 2.05) is 29.2 Å². The lowest BCUT2D eigenvalue weighted by Gasteiger charge is -2.30. The van der Waals surface area contributed by atoms with Gasteiger partial charge in [-0.1, -0.05) is 56.3 Å². The second-order valence-corrected chi connectivity index (χ2v) is 7.86. The third-order valence-electron chi connectivity index (χ3n) is 5.71. The monoisotopic (exact) mass is 399 g/mol. The van der Waals surface area contributed by atoms with Crippen LogP contribution >= 0.6 is 0 Å². The summed E-state index contributed by atoms with van der Waals surface area (Å²) in [6.07, 6.45) is 9.70. The average molecular weight is 400 g/mol. The van der Waals surface area contributed by atoms with Gasteiger partial charge in [0.05, 0.1) is 7.11 Å². The molecule has 1 amide bonds. The average Bonchev–Trinajstić information content (AvgIpc) is 3.26. The lowest BCUT2D eigenvalue weighted by molar-refractivity contribution is -0.132. The van der Waals surface area contributed by atoms with Crippen molar-refractivity contribution in [2.24, 2.45) is 0 Å². The molecule has 0 aliphatic carbocycles. The van der Waals surface area contributed by atoms with Crippen molar-refractivity contribution >= 4 is 5.91 Å². The number of aromatic nitrogens is 2. The van der Waals surface area contributed by atoms with Gasteiger partial charge in [-0.15, -0.1) is 0 Å². The predicted molar refractivity (Wildman–Crippen MR) is 113 cm³/mol. The summed E-state index contributed by atoms with van der Waals surface area (Å²) in [6.45, 7) is 3.77. The molecule has 0 bridgehead atoms. The van der Waals surface area contributed by atoms with E-state index in [1.54, 1.807) is 7.11 Å². The molecule has 1 saturated heterocycles. The Morgan fingerprint density at radius 3 is 2.69 bits per heavy atom. The molecule has 2 aromatic rings. The van der Waals surface area contributed by atoms with Crippen molar-refractivity contribution in [3.8, 4) is 17.1 Å². The van der Waals surface area contributed by atoms with Crippen molar-refractivity contribution in [2.45, 2.75) is 70.6 Å². The second kappa shape index (κ2) is 11.0. The number of unbranched alkanes of at least 4 members (excludes halogenated alkanes) is 5. The van der Waals surface area contributed by atoms with E-state index < -0.39 is 0 Å². The number of piperidine rings is 1. The maximum absolute atomic E-state index is 12.4. The van der Waals surface area contributed by atoms with Crippen molar-refractivity contribution in [1.29, 1.82) is 0 Å². The predicted octanol–water partition coefficient (Wildman–Crippen LogP) is 5.20. The summed E-state index contributed by atoms with van der Waals surface area (Å²) in [7, 11) is 1.64. The van der Waals surface area contributed by atoms with Crippen LogP contribution in [0.25, 0.3) is 11.4 Å². The summed E-state index contributed by atoms with van der Waals surface area (Å²) in [6, 6.07) is 7.65. The molecular weight excluding hydrogens is 366 g/mol. The third kappa shape index (κ3) is 6.05. The van der Waals surface area contributed by atoms with Gasteiger partial charge in [-0.2, -0.15) is 4.98 Å². The first-order valence-electron chi connectivity index (χ1n) is 11.0. The van der Waals surface area contributed by atoms with Crippen LogP contribution in [0, 0.1) is 0 Å². The van der Waals surface area contributed by atoms with Crippen molar-refractivity contribution in [3.05, 3.63) is 30.2 Å². The van der Waals surface area contributed by atoms with Crippen LogP contribution in [0.15, 0.2) is 28.8 Å². The number of nitrogens with zero attached hydrogens (tertiary/aromatic N) is 3. The fourth-order valence-corrected chi connectivity index (χ4v) is 3.87. The summed E-state index contributed by atoms with van der Waals surface area (Å²) in [5.74, 6) is 2.54. The number of carbonyl (C=O) groups is 1. The largest absolute Gasteiger partial charge is 0.497 e. The maximum Gasteiger partial charge on any atom is 0.230 e. The van der Waals surface area contributed by atoms with Crippen LogP contribution in [-0.4, -0.2) is 41.1 Å². The Labute approximate surface area is 173 Å². The molecule has 29 heavy (non-hydrogen) atoms. The number of carbonyl (C=O) groups excluding carboxylic acids is 1. The zero-order valence-electron chi connectivity index (χ0n) is 17.7. The first-order valence-corrected chi connectivity index (χ1v) is 11.0. The first-order chi connectivity index (χ1) is 14.2. The minimum Gasteiger partial charge on any atom is -0.497 e. The van der Waals surface area contributed by atoms with Gasteiger partial charge in [-0.05, 0) is 31.4 Å². The molecule has 0 N–H and O–H groups in total. The molecule has 0 saturated carbocycles. The molecule has 0 atom stereocenters. The van der Waals surface area contributed by atoms with E-state index in [0.717, 1.165) is 50.1 Å². The van der Waals surface area contributed by atoms with Crippen molar-refractivity contribution in [3.63, 3.8) is 0 Å². The molecular formula is C23H33N3O3. The van der Waals surface area contributed by atoms with E-state index in [9.17, 15) is 4.79 Å². The van der Waals surface area contributed by atoms with Gasteiger partial charge in [0, 0.05) is 31.0 Å². The highest BCUT2D eigenvalue weighted by Gasteiger charge is 2.27. The number of rotatable bonds is 10. The Balaban J connectivity index is 1.45. The standard InChI is InChI=1S/C23H33N3O3/c1-3-4-5-6-7-8-12-21(27)26-15-13-18(14-16-26)23-24-22(25-29-23)19-10-9-11-20(17-19)28-2/h9-11,17-18H,3-8,12-16H2,1-2H3. The quantitative estimate of drug-likeness (QED) is 0.514. The Hall–Kier alpha value is -2.37. The van der Waals surface area contributed by atoms with E-state index in [2.05, 4.69) is 17.1 Å². The molecule has 0 radical (unpaired) electrons.